The van der Waals surface area contributed by atoms with E-state index in [1.165, 1.54) is 12.8 Å². The summed E-state index contributed by atoms with van der Waals surface area (Å²) in [6.45, 7) is 8.38. The first kappa shape index (κ1) is 16.1. The maximum absolute atomic E-state index is 6.20. The maximum atomic E-state index is 6.20. The van der Waals surface area contributed by atoms with E-state index in [-0.39, 0.29) is 0 Å². The SMILES string of the molecule is Cc1cc(Nc2cccc(Cl)c2C)nc(N2CCC(C)CC2)n1. The fourth-order valence-electron chi connectivity index (χ4n) is 2.85. The van der Waals surface area contributed by atoms with Crippen molar-refractivity contribution in [3.63, 3.8) is 0 Å². The Bertz CT molecular complexity index is 693. The Hall–Kier alpha value is -1.81. The molecule has 0 aliphatic carbocycles. The van der Waals surface area contributed by atoms with E-state index in [1.807, 2.05) is 38.1 Å². The molecule has 1 saturated heterocycles. The molecule has 1 fully saturated rings. The number of piperidine rings is 1. The third kappa shape index (κ3) is 3.75. The minimum Gasteiger partial charge on any atom is -0.341 e. The van der Waals surface area contributed by atoms with Crippen LogP contribution >= 0.6 is 11.6 Å². The van der Waals surface area contributed by atoms with E-state index < -0.39 is 0 Å². The van der Waals surface area contributed by atoms with Crippen molar-refractivity contribution in [3.8, 4) is 0 Å². The molecule has 0 bridgehead atoms. The van der Waals surface area contributed by atoms with E-state index in [4.69, 9.17) is 16.6 Å². The smallest absolute Gasteiger partial charge is 0.227 e. The zero-order chi connectivity index (χ0) is 16.4. The first-order valence-electron chi connectivity index (χ1n) is 8.15. The molecule has 1 N–H and O–H groups in total. The van der Waals surface area contributed by atoms with Crippen LogP contribution in [0.25, 0.3) is 0 Å². The highest BCUT2D eigenvalue weighted by atomic mass is 35.5. The molecular weight excluding hydrogens is 308 g/mol. The molecule has 1 aliphatic heterocycles. The molecule has 122 valence electrons. The van der Waals surface area contributed by atoms with Crippen LogP contribution in [-0.2, 0) is 0 Å². The number of aromatic nitrogens is 2. The van der Waals surface area contributed by atoms with Gasteiger partial charge in [0.25, 0.3) is 0 Å². The summed E-state index contributed by atoms with van der Waals surface area (Å²) in [6, 6.07) is 7.82. The summed E-state index contributed by atoms with van der Waals surface area (Å²) in [5.41, 5.74) is 2.98. The predicted octanol–water partition coefficient (Wildman–Crippen LogP) is 4.73. The van der Waals surface area contributed by atoms with Crippen molar-refractivity contribution in [2.24, 2.45) is 5.92 Å². The molecule has 1 aromatic carbocycles. The van der Waals surface area contributed by atoms with Gasteiger partial charge in [0.05, 0.1) is 0 Å². The first-order valence-corrected chi connectivity index (χ1v) is 8.53. The Morgan fingerprint density at radius 1 is 1.17 bits per heavy atom. The van der Waals surface area contributed by atoms with Crippen molar-refractivity contribution in [2.45, 2.75) is 33.6 Å². The van der Waals surface area contributed by atoms with E-state index in [9.17, 15) is 0 Å². The van der Waals surface area contributed by atoms with Gasteiger partial charge in [-0.05, 0) is 50.3 Å². The molecular formula is C18H23ClN4. The molecule has 23 heavy (non-hydrogen) atoms. The molecule has 4 nitrogen and oxygen atoms in total. The summed E-state index contributed by atoms with van der Waals surface area (Å²) in [5.74, 6) is 2.43. The van der Waals surface area contributed by atoms with E-state index in [1.54, 1.807) is 0 Å². The summed E-state index contributed by atoms with van der Waals surface area (Å²) in [4.78, 5) is 11.6. The zero-order valence-electron chi connectivity index (χ0n) is 13.9. The molecule has 0 radical (unpaired) electrons. The van der Waals surface area contributed by atoms with Gasteiger partial charge in [-0.15, -0.1) is 0 Å². The van der Waals surface area contributed by atoms with Gasteiger partial charge >= 0.3 is 0 Å². The topological polar surface area (TPSA) is 41.1 Å². The summed E-state index contributed by atoms with van der Waals surface area (Å²) in [6.07, 6.45) is 2.40. The van der Waals surface area contributed by atoms with E-state index in [0.717, 1.165) is 52.7 Å². The third-order valence-electron chi connectivity index (χ3n) is 4.44. The molecule has 2 heterocycles. The van der Waals surface area contributed by atoms with Crippen molar-refractivity contribution in [2.75, 3.05) is 23.3 Å². The van der Waals surface area contributed by atoms with Crippen LogP contribution in [0.3, 0.4) is 0 Å². The monoisotopic (exact) mass is 330 g/mol. The average Bonchev–Trinajstić information content (AvgIpc) is 2.52. The van der Waals surface area contributed by atoms with Crippen LogP contribution in [0.15, 0.2) is 24.3 Å². The molecule has 1 aliphatic rings. The second-order valence-electron chi connectivity index (χ2n) is 6.40. The number of aryl methyl sites for hydroxylation is 1. The average molecular weight is 331 g/mol. The van der Waals surface area contributed by atoms with Gasteiger partial charge in [0.1, 0.15) is 5.82 Å². The lowest BCUT2D eigenvalue weighted by atomic mass is 10.00. The van der Waals surface area contributed by atoms with Gasteiger partial charge in [-0.1, -0.05) is 24.6 Å². The number of hydrogen-bond donors (Lipinski definition) is 1. The molecule has 5 heteroatoms. The van der Waals surface area contributed by atoms with Crippen molar-refractivity contribution in [1.82, 2.24) is 9.97 Å². The van der Waals surface area contributed by atoms with Crippen LogP contribution in [0, 0.1) is 19.8 Å². The highest BCUT2D eigenvalue weighted by Crippen LogP contribution is 2.27. The van der Waals surface area contributed by atoms with Crippen molar-refractivity contribution in [3.05, 3.63) is 40.5 Å². The van der Waals surface area contributed by atoms with Gasteiger partial charge in [-0.25, -0.2) is 4.98 Å². The standard InChI is InChI=1S/C18H23ClN4/c1-12-7-9-23(10-8-12)18-20-13(2)11-17(22-18)21-16-6-4-5-15(19)14(16)3/h4-6,11-12H,7-10H2,1-3H3,(H,20,21,22). The quantitative estimate of drug-likeness (QED) is 0.883. The second kappa shape index (κ2) is 6.75. The van der Waals surface area contributed by atoms with E-state index in [2.05, 4.69) is 22.1 Å². The maximum Gasteiger partial charge on any atom is 0.227 e. The van der Waals surface area contributed by atoms with Crippen LogP contribution in [0.4, 0.5) is 17.5 Å². The van der Waals surface area contributed by atoms with Gasteiger partial charge in [0, 0.05) is 35.6 Å². The Balaban J connectivity index is 1.84. The number of rotatable bonds is 3. The number of nitrogens with one attached hydrogen (secondary N) is 1. The predicted molar refractivity (Wildman–Crippen MR) is 96.9 cm³/mol. The minimum atomic E-state index is 0.756. The molecule has 0 unspecified atom stereocenters. The molecule has 0 atom stereocenters. The summed E-state index contributed by atoms with van der Waals surface area (Å²) < 4.78 is 0. The van der Waals surface area contributed by atoms with Gasteiger partial charge in [-0.3, -0.25) is 0 Å². The molecule has 0 saturated carbocycles. The largest absolute Gasteiger partial charge is 0.341 e. The number of nitrogens with zero attached hydrogens (tertiary/aromatic N) is 3. The summed E-state index contributed by atoms with van der Waals surface area (Å²) in [5, 5.41) is 4.14. The fourth-order valence-corrected chi connectivity index (χ4v) is 3.02. The van der Waals surface area contributed by atoms with Gasteiger partial charge in [-0.2, -0.15) is 4.98 Å². The first-order chi connectivity index (χ1) is 11.0. The molecule has 2 aromatic rings. The molecule has 1 aromatic heterocycles. The lowest BCUT2D eigenvalue weighted by molar-refractivity contribution is 0.434. The highest BCUT2D eigenvalue weighted by molar-refractivity contribution is 6.31. The van der Waals surface area contributed by atoms with E-state index >= 15 is 0 Å². The van der Waals surface area contributed by atoms with Crippen LogP contribution in [0.2, 0.25) is 5.02 Å². The lowest BCUT2D eigenvalue weighted by Gasteiger charge is -2.30. The summed E-state index contributed by atoms with van der Waals surface area (Å²) in [7, 11) is 0. The Labute approximate surface area is 142 Å². The summed E-state index contributed by atoms with van der Waals surface area (Å²) >= 11 is 6.20. The Kier molecular flexibility index (Phi) is 4.71. The number of halogens is 1. The number of hydrogen-bond acceptors (Lipinski definition) is 4. The third-order valence-corrected chi connectivity index (χ3v) is 4.85. The number of benzene rings is 1. The van der Waals surface area contributed by atoms with E-state index in [0.29, 0.717) is 0 Å². The van der Waals surface area contributed by atoms with Gasteiger partial charge in [0.2, 0.25) is 5.95 Å². The second-order valence-corrected chi connectivity index (χ2v) is 6.81. The molecule has 3 rings (SSSR count). The van der Waals surface area contributed by atoms with Crippen LogP contribution in [0.5, 0.6) is 0 Å². The van der Waals surface area contributed by atoms with Gasteiger partial charge < -0.3 is 10.2 Å². The molecule has 0 spiro atoms. The fraction of sp³-hybridized carbons (Fsp3) is 0.444. The zero-order valence-corrected chi connectivity index (χ0v) is 14.7. The van der Waals surface area contributed by atoms with Crippen molar-refractivity contribution >= 4 is 29.1 Å². The van der Waals surface area contributed by atoms with Crippen LogP contribution < -0.4 is 10.2 Å². The van der Waals surface area contributed by atoms with Crippen molar-refractivity contribution in [1.29, 1.82) is 0 Å². The molecule has 0 amide bonds. The Morgan fingerprint density at radius 2 is 1.91 bits per heavy atom. The minimum absolute atomic E-state index is 0.756. The van der Waals surface area contributed by atoms with Crippen LogP contribution in [-0.4, -0.2) is 23.1 Å². The highest BCUT2D eigenvalue weighted by Gasteiger charge is 2.18. The lowest BCUT2D eigenvalue weighted by Crippen LogP contribution is -2.34. The van der Waals surface area contributed by atoms with Gasteiger partial charge in [0.15, 0.2) is 0 Å². The van der Waals surface area contributed by atoms with Crippen molar-refractivity contribution < 1.29 is 0 Å². The van der Waals surface area contributed by atoms with Crippen LogP contribution in [0.1, 0.15) is 31.0 Å². The normalized spacial score (nSPS) is 15.7. The Morgan fingerprint density at radius 3 is 2.65 bits per heavy atom. The number of anilines is 3.